The van der Waals surface area contributed by atoms with E-state index in [0.717, 1.165) is 19.4 Å². The Balaban J connectivity index is 1.66. The number of nitrogens with one attached hydrogen (secondary N) is 3. The zero-order valence-corrected chi connectivity index (χ0v) is 14.3. The van der Waals surface area contributed by atoms with Gasteiger partial charge < -0.3 is 5.32 Å². The average molecular weight is 315 g/mol. The first kappa shape index (κ1) is 16.5. The summed E-state index contributed by atoms with van der Waals surface area (Å²) in [5.74, 6) is 0.886. The Morgan fingerprint density at radius 1 is 1.22 bits per heavy atom. The van der Waals surface area contributed by atoms with Gasteiger partial charge in [0, 0.05) is 24.5 Å². The number of hydrogen-bond acceptors (Lipinski definition) is 3. The monoisotopic (exact) mass is 315 g/mol. The van der Waals surface area contributed by atoms with E-state index in [4.69, 9.17) is 0 Å². The minimum atomic E-state index is 0.195. The number of benzene rings is 1. The number of rotatable bonds is 5. The van der Waals surface area contributed by atoms with Crippen molar-refractivity contribution >= 4 is 5.91 Å². The lowest BCUT2D eigenvalue weighted by Gasteiger charge is -2.41. The van der Waals surface area contributed by atoms with Gasteiger partial charge in [-0.3, -0.25) is 10.2 Å². The summed E-state index contributed by atoms with van der Waals surface area (Å²) < 4.78 is 0. The van der Waals surface area contributed by atoms with Crippen molar-refractivity contribution in [3.8, 4) is 0 Å². The molecule has 126 valence electrons. The van der Waals surface area contributed by atoms with E-state index in [2.05, 4.69) is 54.3 Å². The van der Waals surface area contributed by atoms with E-state index >= 15 is 0 Å². The van der Waals surface area contributed by atoms with E-state index in [-0.39, 0.29) is 11.8 Å². The topological polar surface area (TPSA) is 53.2 Å². The van der Waals surface area contributed by atoms with Gasteiger partial charge in [0.1, 0.15) is 0 Å². The summed E-state index contributed by atoms with van der Waals surface area (Å²) in [4.78, 5) is 12.0. The minimum absolute atomic E-state index is 0.195. The zero-order chi connectivity index (χ0) is 16.2. The molecule has 4 heteroatoms. The standard InChI is InChI=1S/C19H29N3O/c1-13(2)20-12-15-7-5-6-14(10-15)11-18-16-8-3-4-9-17(16)19(23)22-21-18/h5-7,10,13,16-18,20-21H,3-4,8-9,11-12H2,1-2H3,(H,22,23). The van der Waals surface area contributed by atoms with Gasteiger partial charge in [-0.2, -0.15) is 0 Å². The number of hydrazine groups is 1. The van der Waals surface area contributed by atoms with Gasteiger partial charge in [0.2, 0.25) is 5.91 Å². The molecule has 1 aromatic rings. The van der Waals surface area contributed by atoms with Gasteiger partial charge in [-0.1, -0.05) is 51.0 Å². The Kier molecular flexibility index (Phi) is 5.34. The maximum Gasteiger partial charge on any atom is 0.237 e. The van der Waals surface area contributed by atoms with Crippen molar-refractivity contribution in [2.75, 3.05) is 0 Å². The van der Waals surface area contributed by atoms with Crippen LogP contribution in [0.5, 0.6) is 0 Å². The largest absolute Gasteiger partial charge is 0.310 e. The highest BCUT2D eigenvalue weighted by molar-refractivity contribution is 5.79. The van der Waals surface area contributed by atoms with Crippen molar-refractivity contribution in [1.82, 2.24) is 16.2 Å². The first-order valence-corrected chi connectivity index (χ1v) is 9.00. The molecule has 23 heavy (non-hydrogen) atoms. The second-order valence-electron chi connectivity index (χ2n) is 7.35. The van der Waals surface area contributed by atoms with Crippen LogP contribution >= 0.6 is 0 Å². The number of hydrogen-bond donors (Lipinski definition) is 3. The van der Waals surface area contributed by atoms with Crippen molar-refractivity contribution < 1.29 is 4.79 Å². The Labute approximate surface area is 139 Å². The highest BCUT2D eigenvalue weighted by Gasteiger charge is 2.39. The third-order valence-electron chi connectivity index (χ3n) is 5.22. The van der Waals surface area contributed by atoms with Crippen LogP contribution in [0.3, 0.4) is 0 Å². The van der Waals surface area contributed by atoms with Gasteiger partial charge in [0.25, 0.3) is 0 Å². The third-order valence-corrected chi connectivity index (χ3v) is 5.22. The second-order valence-corrected chi connectivity index (χ2v) is 7.35. The number of carbonyl (C=O) groups is 1. The minimum Gasteiger partial charge on any atom is -0.310 e. The molecule has 3 unspecified atom stereocenters. The Morgan fingerprint density at radius 3 is 2.83 bits per heavy atom. The van der Waals surface area contributed by atoms with Crippen molar-refractivity contribution in [3.05, 3.63) is 35.4 Å². The fourth-order valence-corrected chi connectivity index (χ4v) is 3.98. The number of amides is 1. The molecule has 3 N–H and O–H groups in total. The molecule has 1 saturated heterocycles. The van der Waals surface area contributed by atoms with Gasteiger partial charge in [0.15, 0.2) is 0 Å². The maximum absolute atomic E-state index is 12.0. The van der Waals surface area contributed by atoms with Crippen LogP contribution < -0.4 is 16.2 Å². The molecule has 1 heterocycles. The van der Waals surface area contributed by atoms with Crippen LogP contribution in [0.4, 0.5) is 0 Å². The van der Waals surface area contributed by atoms with Crippen molar-refractivity contribution in [2.24, 2.45) is 11.8 Å². The molecule has 2 fully saturated rings. The van der Waals surface area contributed by atoms with E-state index < -0.39 is 0 Å². The average Bonchev–Trinajstić information content (AvgIpc) is 2.56. The predicted molar refractivity (Wildman–Crippen MR) is 92.6 cm³/mol. The summed E-state index contributed by atoms with van der Waals surface area (Å²) in [5, 5.41) is 3.47. The molecule has 0 aromatic heterocycles. The highest BCUT2D eigenvalue weighted by Crippen LogP contribution is 2.35. The molecular formula is C19H29N3O. The lowest BCUT2D eigenvalue weighted by Crippen LogP contribution is -2.60. The summed E-state index contributed by atoms with van der Waals surface area (Å²) in [6.45, 7) is 5.25. The fraction of sp³-hybridized carbons (Fsp3) is 0.632. The van der Waals surface area contributed by atoms with Crippen LogP contribution in [0.15, 0.2) is 24.3 Å². The number of fused-ring (bicyclic) bond motifs is 1. The van der Waals surface area contributed by atoms with Crippen LogP contribution in [0.1, 0.15) is 50.7 Å². The molecule has 1 aromatic carbocycles. The van der Waals surface area contributed by atoms with E-state index in [1.807, 2.05) is 0 Å². The first-order valence-electron chi connectivity index (χ1n) is 9.00. The van der Waals surface area contributed by atoms with E-state index in [1.54, 1.807) is 0 Å². The summed E-state index contributed by atoms with van der Waals surface area (Å²) >= 11 is 0. The Morgan fingerprint density at radius 2 is 2.00 bits per heavy atom. The molecule has 1 aliphatic carbocycles. The molecule has 1 saturated carbocycles. The molecule has 2 aliphatic rings. The Bertz CT molecular complexity index is 543. The van der Waals surface area contributed by atoms with Crippen molar-refractivity contribution in [1.29, 1.82) is 0 Å². The van der Waals surface area contributed by atoms with E-state index in [1.165, 1.54) is 30.4 Å². The first-order chi connectivity index (χ1) is 11.1. The van der Waals surface area contributed by atoms with Crippen LogP contribution in [-0.2, 0) is 17.8 Å². The van der Waals surface area contributed by atoms with Crippen molar-refractivity contribution in [2.45, 2.75) is 64.6 Å². The van der Waals surface area contributed by atoms with E-state index in [9.17, 15) is 4.79 Å². The molecule has 1 aliphatic heterocycles. The molecule has 1 amide bonds. The van der Waals surface area contributed by atoms with Gasteiger partial charge in [-0.25, -0.2) is 5.43 Å². The summed E-state index contributed by atoms with van der Waals surface area (Å²) in [6, 6.07) is 9.67. The third kappa shape index (κ3) is 4.12. The Hall–Kier alpha value is -1.39. The van der Waals surface area contributed by atoms with Gasteiger partial charge >= 0.3 is 0 Å². The van der Waals surface area contributed by atoms with Crippen LogP contribution in [0.25, 0.3) is 0 Å². The van der Waals surface area contributed by atoms with Crippen LogP contribution in [0, 0.1) is 11.8 Å². The second kappa shape index (κ2) is 7.45. The maximum atomic E-state index is 12.0. The molecule has 0 radical (unpaired) electrons. The predicted octanol–water partition coefficient (Wildman–Crippen LogP) is 2.54. The van der Waals surface area contributed by atoms with E-state index in [0.29, 0.717) is 18.0 Å². The molecule has 3 atom stereocenters. The fourth-order valence-electron chi connectivity index (χ4n) is 3.98. The quantitative estimate of drug-likeness (QED) is 0.783. The van der Waals surface area contributed by atoms with Crippen LogP contribution in [-0.4, -0.2) is 18.0 Å². The molecule has 0 bridgehead atoms. The van der Waals surface area contributed by atoms with Gasteiger partial charge in [-0.15, -0.1) is 0 Å². The lowest BCUT2D eigenvalue weighted by molar-refractivity contribution is -0.133. The zero-order valence-electron chi connectivity index (χ0n) is 14.3. The summed E-state index contributed by atoms with van der Waals surface area (Å²) in [7, 11) is 0. The normalized spacial score (nSPS) is 27.6. The van der Waals surface area contributed by atoms with Crippen LogP contribution in [0.2, 0.25) is 0 Å². The summed E-state index contributed by atoms with van der Waals surface area (Å²) in [5.41, 5.74) is 8.86. The molecule has 0 spiro atoms. The molecular weight excluding hydrogens is 286 g/mol. The lowest BCUT2D eigenvalue weighted by atomic mass is 9.72. The van der Waals surface area contributed by atoms with Gasteiger partial charge in [0.05, 0.1) is 0 Å². The number of carbonyl (C=O) groups excluding carboxylic acids is 1. The SMILES string of the molecule is CC(C)NCc1cccc(CC2NNC(=O)C3CCCCC23)c1. The van der Waals surface area contributed by atoms with Gasteiger partial charge in [-0.05, 0) is 36.3 Å². The van der Waals surface area contributed by atoms with Crippen molar-refractivity contribution in [3.63, 3.8) is 0 Å². The molecule has 4 nitrogen and oxygen atoms in total. The summed E-state index contributed by atoms with van der Waals surface area (Å²) in [6.07, 6.45) is 5.65. The highest BCUT2D eigenvalue weighted by atomic mass is 16.2. The smallest absolute Gasteiger partial charge is 0.237 e. The molecule has 3 rings (SSSR count).